The second-order valence-electron chi connectivity index (χ2n) is 3.90. The zero-order chi connectivity index (χ0) is 9.97. The highest BCUT2D eigenvalue weighted by molar-refractivity contribution is 5.76. The quantitative estimate of drug-likeness (QED) is 0.615. The number of carbonyl (C=O) groups excluding carboxylic acids is 1. The summed E-state index contributed by atoms with van der Waals surface area (Å²) >= 11 is 0. The molecule has 14 heavy (non-hydrogen) atoms. The third-order valence-electron chi connectivity index (χ3n) is 2.68. The average Bonchev–Trinajstić information content (AvgIpc) is 2.75. The first-order valence-electron chi connectivity index (χ1n) is 5.14. The monoisotopic (exact) mass is 200 g/mol. The van der Waals surface area contributed by atoms with Crippen LogP contribution in [0, 0.1) is 0 Å². The highest BCUT2D eigenvalue weighted by atomic mass is 16.7. The summed E-state index contributed by atoms with van der Waals surface area (Å²) in [6.07, 6.45) is 2.24. The number of hydrogen-bond donors (Lipinski definition) is 2. The number of nitrogens with zero attached hydrogens (tertiary/aromatic N) is 1. The molecule has 0 saturated carbocycles. The first-order valence-corrected chi connectivity index (χ1v) is 5.14. The van der Waals surface area contributed by atoms with Crippen LogP contribution in [0.2, 0.25) is 0 Å². The molecule has 1 unspecified atom stereocenters. The Morgan fingerprint density at radius 2 is 2.14 bits per heavy atom. The minimum atomic E-state index is -0.411. The molecule has 0 spiro atoms. The Labute approximate surface area is 83.0 Å². The number of hydroxylamine groups is 2. The van der Waals surface area contributed by atoms with Crippen LogP contribution in [-0.4, -0.2) is 47.9 Å². The van der Waals surface area contributed by atoms with E-state index < -0.39 is 6.10 Å². The second kappa shape index (κ2) is 4.25. The highest BCUT2D eigenvalue weighted by Gasteiger charge is 2.31. The van der Waals surface area contributed by atoms with Gasteiger partial charge in [0.05, 0.1) is 6.10 Å². The lowest BCUT2D eigenvalue weighted by Crippen LogP contribution is -2.37. The first-order chi connectivity index (χ1) is 6.75. The molecule has 0 aromatic rings. The summed E-state index contributed by atoms with van der Waals surface area (Å²) in [6.45, 7) is 2.15. The van der Waals surface area contributed by atoms with E-state index in [1.165, 1.54) is 0 Å². The fourth-order valence-electron chi connectivity index (χ4n) is 1.87. The lowest BCUT2D eigenvalue weighted by Gasteiger charge is -2.16. The molecular formula is C9H16N2O3. The van der Waals surface area contributed by atoms with E-state index >= 15 is 0 Å². The molecule has 0 aromatic heterocycles. The number of aliphatic hydroxyl groups is 1. The predicted molar refractivity (Wildman–Crippen MR) is 49.3 cm³/mol. The molecule has 0 aliphatic carbocycles. The SMILES string of the molecule is O=C(ON1CCCC1)[C@H]1CC(O)CN1. The van der Waals surface area contributed by atoms with E-state index in [-0.39, 0.29) is 12.0 Å². The highest BCUT2D eigenvalue weighted by Crippen LogP contribution is 2.12. The first kappa shape index (κ1) is 9.89. The Morgan fingerprint density at radius 1 is 1.43 bits per heavy atom. The normalized spacial score (nSPS) is 33.5. The Kier molecular flexibility index (Phi) is 3.00. The molecule has 0 aromatic carbocycles. The lowest BCUT2D eigenvalue weighted by atomic mass is 10.2. The average molecular weight is 200 g/mol. The van der Waals surface area contributed by atoms with E-state index in [4.69, 9.17) is 4.84 Å². The molecule has 2 aliphatic heterocycles. The number of hydrogen-bond acceptors (Lipinski definition) is 5. The minimum Gasteiger partial charge on any atom is -0.392 e. The van der Waals surface area contributed by atoms with Crippen LogP contribution in [0.5, 0.6) is 0 Å². The van der Waals surface area contributed by atoms with Gasteiger partial charge < -0.3 is 15.3 Å². The van der Waals surface area contributed by atoms with Gasteiger partial charge in [0.2, 0.25) is 0 Å². The van der Waals surface area contributed by atoms with Crippen molar-refractivity contribution in [2.24, 2.45) is 0 Å². The van der Waals surface area contributed by atoms with Crippen molar-refractivity contribution in [1.29, 1.82) is 0 Å². The Hall–Kier alpha value is -0.650. The number of β-amino-alcohol motifs (C(OH)–C–C–N with tert-alkyl or cyclic N) is 1. The fraction of sp³-hybridized carbons (Fsp3) is 0.889. The third kappa shape index (κ3) is 2.23. The molecule has 2 rings (SSSR count). The summed E-state index contributed by atoms with van der Waals surface area (Å²) in [5, 5.41) is 13.9. The molecule has 2 atom stereocenters. The molecule has 0 bridgehead atoms. The van der Waals surface area contributed by atoms with Crippen LogP contribution in [-0.2, 0) is 9.63 Å². The van der Waals surface area contributed by atoms with Gasteiger partial charge in [0.25, 0.3) is 0 Å². The predicted octanol–water partition coefficient (Wildman–Crippen LogP) is -0.737. The Balaban J connectivity index is 1.77. The van der Waals surface area contributed by atoms with Crippen molar-refractivity contribution in [3.8, 4) is 0 Å². The number of carbonyl (C=O) groups is 1. The van der Waals surface area contributed by atoms with Gasteiger partial charge >= 0.3 is 5.97 Å². The molecule has 2 saturated heterocycles. The molecule has 2 aliphatic rings. The van der Waals surface area contributed by atoms with Crippen molar-refractivity contribution >= 4 is 5.97 Å². The van der Waals surface area contributed by atoms with Crippen molar-refractivity contribution < 1.29 is 14.7 Å². The van der Waals surface area contributed by atoms with Crippen LogP contribution >= 0.6 is 0 Å². The standard InChI is InChI=1S/C9H16N2O3/c12-7-5-8(10-6-7)9(13)14-11-3-1-2-4-11/h7-8,10,12H,1-6H2/t7?,8-/m1/s1. The third-order valence-corrected chi connectivity index (χ3v) is 2.68. The number of rotatable bonds is 2. The summed E-state index contributed by atoms with van der Waals surface area (Å²) in [7, 11) is 0. The summed E-state index contributed by atoms with van der Waals surface area (Å²) < 4.78 is 0. The molecular weight excluding hydrogens is 184 g/mol. The molecule has 2 heterocycles. The van der Waals surface area contributed by atoms with Crippen molar-refractivity contribution in [1.82, 2.24) is 10.4 Å². The van der Waals surface area contributed by atoms with Crippen LogP contribution < -0.4 is 5.32 Å². The Bertz CT molecular complexity index is 216. The molecule has 2 fully saturated rings. The zero-order valence-electron chi connectivity index (χ0n) is 8.11. The van der Waals surface area contributed by atoms with E-state index in [9.17, 15) is 9.90 Å². The van der Waals surface area contributed by atoms with Crippen molar-refractivity contribution in [2.45, 2.75) is 31.4 Å². The fourth-order valence-corrected chi connectivity index (χ4v) is 1.87. The molecule has 80 valence electrons. The van der Waals surface area contributed by atoms with Crippen LogP contribution in [0.1, 0.15) is 19.3 Å². The molecule has 5 nitrogen and oxygen atoms in total. The lowest BCUT2D eigenvalue weighted by molar-refractivity contribution is -0.187. The molecule has 0 amide bonds. The summed E-state index contributed by atoms with van der Waals surface area (Å²) in [6, 6.07) is -0.328. The summed E-state index contributed by atoms with van der Waals surface area (Å²) in [5.41, 5.74) is 0. The molecule has 5 heteroatoms. The van der Waals surface area contributed by atoms with Crippen LogP contribution in [0.15, 0.2) is 0 Å². The molecule has 2 N–H and O–H groups in total. The van der Waals surface area contributed by atoms with Gasteiger partial charge in [-0.25, -0.2) is 4.79 Å². The van der Waals surface area contributed by atoms with Gasteiger partial charge in [0, 0.05) is 26.1 Å². The van der Waals surface area contributed by atoms with E-state index in [1.54, 1.807) is 5.06 Å². The minimum absolute atomic E-state index is 0.261. The smallest absolute Gasteiger partial charge is 0.342 e. The van der Waals surface area contributed by atoms with E-state index in [2.05, 4.69) is 5.32 Å². The maximum absolute atomic E-state index is 11.5. The van der Waals surface area contributed by atoms with Gasteiger partial charge in [0.1, 0.15) is 6.04 Å². The van der Waals surface area contributed by atoms with Crippen molar-refractivity contribution in [3.63, 3.8) is 0 Å². The van der Waals surface area contributed by atoms with Crippen LogP contribution in [0.4, 0.5) is 0 Å². The second-order valence-corrected chi connectivity index (χ2v) is 3.90. The van der Waals surface area contributed by atoms with Gasteiger partial charge in [-0.05, 0) is 12.8 Å². The van der Waals surface area contributed by atoms with Gasteiger partial charge in [-0.2, -0.15) is 0 Å². The summed E-state index contributed by atoms with van der Waals surface area (Å²) in [4.78, 5) is 16.7. The Morgan fingerprint density at radius 3 is 2.71 bits per heavy atom. The van der Waals surface area contributed by atoms with Gasteiger partial charge in [-0.3, -0.25) is 0 Å². The largest absolute Gasteiger partial charge is 0.392 e. The van der Waals surface area contributed by atoms with E-state index in [0.717, 1.165) is 25.9 Å². The number of nitrogens with one attached hydrogen (secondary N) is 1. The van der Waals surface area contributed by atoms with Crippen molar-refractivity contribution in [2.75, 3.05) is 19.6 Å². The number of aliphatic hydroxyl groups excluding tert-OH is 1. The van der Waals surface area contributed by atoms with Crippen LogP contribution in [0.25, 0.3) is 0 Å². The van der Waals surface area contributed by atoms with Gasteiger partial charge in [0.15, 0.2) is 0 Å². The van der Waals surface area contributed by atoms with Crippen molar-refractivity contribution in [3.05, 3.63) is 0 Å². The molecule has 0 radical (unpaired) electrons. The van der Waals surface area contributed by atoms with Crippen LogP contribution in [0.3, 0.4) is 0 Å². The zero-order valence-corrected chi connectivity index (χ0v) is 8.11. The maximum atomic E-state index is 11.5. The van der Waals surface area contributed by atoms with Gasteiger partial charge in [-0.15, -0.1) is 5.06 Å². The van der Waals surface area contributed by atoms with Gasteiger partial charge in [-0.1, -0.05) is 0 Å². The summed E-state index contributed by atoms with van der Waals surface area (Å²) in [5.74, 6) is -0.261. The topological polar surface area (TPSA) is 61.8 Å². The van der Waals surface area contributed by atoms with E-state index in [1.807, 2.05) is 0 Å². The maximum Gasteiger partial charge on any atom is 0.342 e. The van der Waals surface area contributed by atoms with E-state index in [0.29, 0.717) is 13.0 Å².